The average Bonchev–Trinajstić information content (AvgIpc) is 3.31. The molecule has 1 spiro atoms. The fourth-order valence-corrected chi connectivity index (χ4v) is 8.84. The first-order valence-electron chi connectivity index (χ1n) is 16.7. The Bertz CT molecular complexity index is 1660. The van der Waals surface area contributed by atoms with E-state index < -0.39 is 11.5 Å². The summed E-state index contributed by atoms with van der Waals surface area (Å²) >= 11 is 6.26. The molecule has 3 aromatic rings. The number of ether oxygens (including phenoxy) is 3. The van der Waals surface area contributed by atoms with E-state index >= 15 is 0 Å². The van der Waals surface area contributed by atoms with Crippen molar-refractivity contribution in [2.45, 2.75) is 88.5 Å². The second kappa shape index (κ2) is 12.1. The number of aliphatic carboxylic acids is 1. The number of nitrogens with one attached hydrogen (secondary N) is 1. The predicted molar refractivity (Wildman–Crippen MR) is 179 cm³/mol. The lowest BCUT2D eigenvalue weighted by atomic mass is 9.59. The lowest BCUT2D eigenvalue weighted by molar-refractivity contribution is -0.144. The molecule has 2 aromatic carbocycles. The number of carboxylic acids is 1. The van der Waals surface area contributed by atoms with Gasteiger partial charge < -0.3 is 24.6 Å². The molecule has 7 rings (SSSR count). The van der Waals surface area contributed by atoms with Crippen LogP contribution >= 0.6 is 11.6 Å². The molecule has 0 unspecified atom stereocenters. The normalized spacial score (nSPS) is 27.1. The van der Waals surface area contributed by atoms with Crippen LogP contribution in [0.5, 0.6) is 17.2 Å². The predicted octanol–water partition coefficient (Wildman–Crippen LogP) is 8.48. The largest absolute Gasteiger partial charge is 0.493 e. The van der Waals surface area contributed by atoms with Gasteiger partial charge in [0.1, 0.15) is 23.7 Å². The third kappa shape index (κ3) is 5.61. The first-order valence-corrected chi connectivity index (χ1v) is 17.1. The minimum atomic E-state index is -1.07. The highest BCUT2D eigenvalue weighted by molar-refractivity contribution is 6.30. The molecular formula is C38H43ClN2O5. The number of benzene rings is 2. The number of aryl methyl sites for hydroxylation is 1. The second-order valence-corrected chi connectivity index (χ2v) is 14.5. The van der Waals surface area contributed by atoms with Crippen LogP contribution in [0.4, 0.5) is 5.69 Å². The number of anilines is 1. The average molecular weight is 643 g/mol. The molecule has 3 aliphatic carbocycles. The van der Waals surface area contributed by atoms with E-state index in [1.54, 1.807) is 12.1 Å². The van der Waals surface area contributed by atoms with Gasteiger partial charge in [0, 0.05) is 28.2 Å². The van der Waals surface area contributed by atoms with Gasteiger partial charge in [-0.15, -0.1) is 0 Å². The quantitative estimate of drug-likeness (QED) is 0.255. The summed E-state index contributed by atoms with van der Waals surface area (Å²) in [6.45, 7) is 9.51. The molecule has 46 heavy (non-hydrogen) atoms. The highest BCUT2D eigenvalue weighted by Crippen LogP contribution is 2.58. The molecule has 2 heterocycles. The molecule has 0 saturated heterocycles. The molecule has 1 aliphatic heterocycles. The van der Waals surface area contributed by atoms with Crippen LogP contribution in [0.15, 0.2) is 61.0 Å². The summed E-state index contributed by atoms with van der Waals surface area (Å²) in [4.78, 5) is 17.5. The monoisotopic (exact) mass is 642 g/mol. The zero-order valence-electron chi connectivity index (χ0n) is 26.7. The SMILES string of the molecule is C=C1COc2cc3c(cc2O1)C1(CCC(Nc2cccc(Cl)c2)(C(=O)O)CC1)[C@@H](C[C@@H](C)COc1ccnc2c1[C@H](C)CCC2)C3. The summed E-state index contributed by atoms with van der Waals surface area (Å²) in [5.74, 6) is 3.29. The number of nitrogens with zero attached hydrogens (tertiary/aromatic N) is 1. The number of hydrogen-bond acceptors (Lipinski definition) is 6. The first-order chi connectivity index (χ1) is 22.2. The molecular weight excluding hydrogens is 600 g/mol. The zero-order valence-corrected chi connectivity index (χ0v) is 27.5. The van der Waals surface area contributed by atoms with Crippen molar-refractivity contribution in [2.75, 3.05) is 18.5 Å². The summed E-state index contributed by atoms with van der Waals surface area (Å²) in [6, 6.07) is 13.6. The van der Waals surface area contributed by atoms with Gasteiger partial charge in [-0.2, -0.15) is 0 Å². The Labute approximate surface area is 276 Å². The van der Waals surface area contributed by atoms with Gasteiger partial charge in [0.05, 0.1) is 6.61 Å². The van der Waals surface area contributed by atoms with Crippen LogP contribution < -0.4 is 19.5 Å². The van der Waals surface area contributed by atoms with E-state index in [-0.39, 0.29) is 5.41 Å². The van der Waals surface area contributed by atoms with Gasteiger partial charge in [-0.3, -0.25) is 4.98 Å². The van der Waals surface area contributed by atoms with Gasteiger partial charge in [-0.05, 0) is 128 Å². The third-order valence-corrected chi connectivity index (χ3v) is 11.2. The van der Waals surface area contributed by atoms with Crippen molar-refractivity contribution in [1.82, 2.24) is 4.98 Å². The van der Waals surface area contributed by atoms with Crippen LogP contribution in [0.25, 0.3) is 0 Å². The number of pyridine rings is 1. The standard InChI is InChI=1S/C38H43ClN2O5/c1-23(21-44-32-10-15-40-31-9-4-6-24(2)35(31)32)16-27-17-26-18-33-34(46-25(3)22-45-33)20-30(26)37(27)11-13-38(14-12-37,36(42)43)41-29-8-5-7-28(39)19-29/h5,7-8,10,15,18-20,23-24,27,41H,3-4,6,9,11-14,16-17,21-22H2,1-2H3,(H,42,43)/t23-,24-,27+,37?,38?/m1/s1. The lowest BCUT2D eigenvalue weighted by Gasteiger charge is -2.47. The van der Waals surface area contributed by atoms with E-state index in [9.17, 15) is 9.90 Å². The van der Waals surface area contributed by atoms with E-state index in [2.05, 4.69) is 42.9 Å². The van der Waals surface area contributed by atoms with Crippen LogP contribution in [0, 0.1) is 11.8 Å². The van der Waals surface area contributed by atoms with Crippen molar-refractivity contribution in [1.29, 1.82) is 0 Å². The van der Waals surface area contributed by atoms with Gasteiger partial charge in [-0.1, -0.05) is 38.1 Å². The van der Waals surface area contributed by atoms with Crippen molar-refractivity contribution in [3.8, 4) is 17.2 Å². The molecule has 2 N–H and O–H groups in total. The molecule has 4 aliphatic rings. The Morgan fingerprint density at radius 3 is 2.80 bits per heavy atom. The van der Waals surface area contributed by atoms with Crippen molar-refractivity contribution >= 4 is 23.3 Å². The van der Waals surface area contributed by atoms with E-state index in [1.165, 1.54) is 35.2 Å². The minimum Gasteiger partial charge on any atom is -0.493 e. The number of halogens is 1. The minimum absolute atomic E-state index is 0.180. The van der Waals surface area contributed by atoms with Gasteiger partial charge >= 0.3 is 5.97 Å². The molecule has 0 amide bonds. The fraction of sp³-hybridized carbons (Fsp3) is 0.474. The van der Waals surface area contributed by atoms with Crippen LogP contribution in [0.2, 0.25) is 5.02 Å². The Morgan fingerprint density at radius 1 is 1.20 bits per heavy atom. The van der Waals surface area contributed by atoms with Gasteiger partial charge in [-0.25, -0.2) is 4.79 Å². The Kier molecular flexibility index (Phi) is 8.16. The molecule has 1 aromatic heterocycles. The van der Waals surface area contributed by atoms with E-state index in [0.29, 0.717) is 60.3 Å². The van der Waals surface area contributed by atoms with E-state index in [0.717, 1.165) is 49.3 Å². The number of fused-ring (bicyclic) bond motifs is 4. The maximum Gasteiger partial charge on any atom is 0.329 e. The second-order valence-electron chi connectivity index (χ2n) is 14.1. The van der Waals surface area contributed by atoms with E-state index in [4.69, 9.17) is 25.8 Å². The molecule has 1 saturated carbocycles. The first kappa shape index (κ1) is 30.9. The molecule has 0 bridgehead atoms. The topological polar surface area (TPSA) is 89.9 Å². The lowest BCUT2D eigenvalue weighted by Crippen LogP contribution is -2.53. The number of hydrogen-bond donors (Lipinski definition) is 2. The maximum absolute atomic E-state index is 12.9. The molecule has 3 atom stereocenters. The van der Waals surface area contributed by atoms with Crippen LogP contribution in [-0.2, 0) is 23.1 Å². The highest BCUT2D eigenvalue weighted by Gasteiger charge is 2.54. The summed E-state index contributed by atoms with van der Waals surface area (Å²) in [5.41, 5.74) is 4.47. The number of carbonyl (C=O) groups is 1. The zero-order chi connectivity index (χ0) is 32.1. The number of aromatic nitrogens is 1. The smallest absolute Gasteiger partial charge is 0.329 e. The van der Waals surface area contributed by atoms with Crippen LogP contribution in [0.3, 0.4) is 0 Å². The maximum atomic E-state index is 12.9. The Hall–Kier alpha value is -3.71. The summed E-state index contributed by atoms with van der Waals surface area (Å²) in [5, 5.41) is 14.5. The number of carboxylic acid groups (broad SMARTS) is 1. The fourth-order valence-electron chi connectivity index (χ4n) is 8.65. The van der Waals surface area contributed by atoms with Gasteiger partial charge in [0.25, 0.3) is 0 Å². The molecule has 242 valence electrons. The Morgan fingerprint density at radius 2 is 2.02 bits per heavy atom. The summed E-state index contributed by atoms with van der Waals surface area (Å²) in [7, 11) is 0. The molecule has 0 radical (unpaired) electrons. The van der Waals surface area contributed by atoms with Crippen LogP contribution in [-0.4, -0.2) is 34.8 Å². The van der Waals surface area contributed by atoms with Crippen LogP contribution in [0.1, 0.15) is 87.1 Å². The Balaban J connectivity index is 1.15. The van der Waals surface area contributed by atoms with Gasteiger partial charge in [0.15, 0.2) is 11.5 Å². The molecule has 8 heteroatoms. The van der Waals surface area contributed by atoms with Crippen molar-refractivity contribution in [2.24, 2.45) is 11.8 Å². The van der Waals surface area contributed by atoms with Crippen molar-refractivity contribution in [3.63, 3.8) is 0 Å². The molecule has 7 nitrogen and oxygen atoms in total. The van der Waals surface area contributed by atoms with Gasteiger partial charge in [0.2, 0.25) is 0 Å². The molecule has 1 fully saturated rings. The highest BCUT2D eigenvalue weighted by atomic mass is 35.5. The van der Waals surface area contributed by atoms with Crippen molar-refractivity contribution in [3.05, 3.63) is 88.4 Å². The summed E-state index contributed by atoms with van der Waals surface area (Å²) < 4.78 is 18.6. The summed E-state index contributed by atoms with van der Waals surface area (Å²) in [6.07, 6.45) is 9.62. The third-order valence-electron chi connectivity index (χ3n) is 11.0. The van der Waals surface area contributed by atoms with Crippen molar-refractivity contribution < 1.29 is 24.1 Å². The number of rotatable bonds is 8. The van der Waals surface area contributed by atoms with E-state index in [1.807, 2.05) is 24.4 Å².